The molecule has 0 bridgehead atoms. The van der Waals surface area contributed by atoms with E-state index in [0.29, 0.717) is 19.3 Å². The van der Waals surface area contributed by atoms with Gasteiger partial charge in [0, 0.05) is 19.3 Å². The third-order valence-electron chi connectivity index (χ3n) is 8.82. The highest BCUT2D eigenvalue weighted by Crippen LogP contribution is 2.13. The number of unbranched alkanes of at least 4 members (excludes halogenated alkanes) is 17. The van der Waals surface area contributed by atoms with Crippen molar-refractivity contribution in [3.8, 4) is 0 Å². The number of carboxylic acids is 1. The summed E-state index contributed by atoms with van der Waals surface area (Å²) in [6, 6.07) is -0.614. The van der Waals surface area contributed by atoms with Crippen molar-refractivity contribution in [1.29, 1.82) is 0 Å². The fraction of sp³-hybridized carbons (Fsp3) is 0.829. The molecular formula is C41H76NO7+. The van der Waals surface area contributed by atoms with E-state index in [-0.39, 0.29) is 36.2 Å². The Labute approximate surface area is 301 Å². The van der Waals surface area contributed by atoms with E-state index in [1.165, 1.54) is 70.6 Å². The maximum absolute atomic E-state index is 12.6. The number of hydrogen-bond donors (Lipinski definition) is 1. The second kappa shape index (κ2) is 33.0. The number of aliphatic carboxylic acids is 1. The van der Waals surface area contributed by atoms with Gasteiger partial charge in [-0.1, -0.05) is 109 Å². The second-order valence-corrected chi connectivity index (χ2v) is 14.5. The molecule has 0 aliphatic carbocycles. The Morgan fingerprint density at radius 3 is 1.53 bits per heavy atom. The van der Waals surface area contributed by atoms with Crippen LogP contribution in [0.5, 0.6) is 0 Å². The number of ether oxygens (including phenoxy) is 3. The third-order valence-corrected chi connectivity index (χ3v) is 8.82. The number of carboxylic acid groups (broad SMARTS) is 1. The molecule has 0 amide bonds. The normalized spacial score (nSPS) is 13.2. The molecule has 8 nitrogen and oxygen atoms in total. The van der Waals surface area contributed by atoms with Gasteiger partial charge in [0.25, 0.3) is 0 Å². The van der Waals surface area contributed by atoms with Gasteiger partial charge in [-0.25, -0.2) is 4.79 Å². The highest BCUT2D eigenvalue weighted by atomic mass is 16.6. The van der Waals surface area contributed by atoms with Crippen LogP contribution in [-0.2, 0) is 28.6 Å². The van der Waals surface area contributed by atoms with Crippen molar-refractivity contribution in [2.24, 2.45) is 0 Å². The minimum absolute atomic E-state index is 0.0551. The van der Waals surface area contributed by atoms with Crippen LogP contribution in [0, 0.1) is 0 Å². The number of nitrogens with zero attached hydrogens (tertiary/aromatic N) is 1. The summed E-state index contributed by atoms with van der Waals surface area (Å²) in [4.78, 5) is 36.8. The fourth-order valence-electron chi connectivity index (χ4n) is 5.67. The van der Waals surface area contributed by atoms with Gasteiger partial charge in [-0.15, -0.1) is 0 Å². The summed E-state index contributed by atoms with van der Waals surface area (Å²) in [5.41, 5.74) is 0. The molecule has 49 heavy (non-hydrogen) atoms. The molecule has 0 radical (unpaired) electrons. The smallest absolute Gasteiger partial charge is 0.362 e. The number of likely N-dealkylation sites (N-methyl/N-ethyl adjacent to an activating group) is 1. The van der Waals surface area contributed by atoms with E-state index >= 15 is 0 Å². The molecule has 0 aromatic heterocycles. The number of allylic oxidation sites excluding steroid dienone is 4. The van der Waals surface area contributed by atoms with E-state index < -0.39 is 18.1 Å². The van der Waals surface area contributed by atoms with E-state index in [2.05, 4.69) is 38.2 Å². The summed E-state index contributed by atoms with van der Waals surface area (Å²) in [6.45, 7) is 4.67. The summed E-state index contributed by atoms with van der Waals surface area (Å²) < 4.78 is 17.2. The molecule has 1 N–H and O–H groups in total. The number of quaternary nitrogens is 1. The summed E-state index contributed by atoms with van der Waals surface area (Å²) in [7, 11) is 5.51. The fourth-order valence-corrected chi connectivity index (χ4v) is 5.67. The maximum Gasteiger partial charge on any atom is 0.362 e. The molecule has 286 valence electrons. The van der Waals surface area contributed by atoms with Crippen molar-refractivity contribution in [1.82, 2.24) is 0 Å². The van der Waals surface area contributed by atoms with Crippen LogP contribution in [0.3, 0.4) is 0 Å². The van der Waals surface area contributed by atoms with E-state index in [1.807, 2.05) is 21.1 Å². The van der Waals surface area contributed by atoms with E-state index in [9.17, 15) is 19.5 Å². The highest BCUT2D eigenvalue weighted by Gasteiger charge is 2.31. The molecule has 0 saturated carbocycles. The molecule has 0 aromatic carbocycles. The molecule has 0 heterocycles. The Kier molecular flexibility index (Phi) is 31.5. The zero-order valence-corrected chi connectivity index (χ0v) is 32.4. The molecule has 0 rings (SSSR count). The third kappa shape index (κ3) is 31.5. The lowest BCUT2D eigenvalue weighted by Crippen LogP contribution is -2.50. The Hall–Kier alpha value is -2.19. The Morgan fingerprint density at radius 1 is 0.592 bits per heavy atom. The van der Waals surface area contributed by atoms with Crippen LogP contribution in [0.15, 0.2) is 24.3 Å². The van der Waals surface area contributed by atoms with Crippen molar-refractivity contribution in [2.45, 2.75) is 180 Å². The predicted molar refractivity (Wildman–Crippen MR) is 202 cm³/mol. The molecule has 0 aromatic rings. The minimum atomic E-state index is -0.879. The van der Waals surface area contributed by atoms with Crippen LogP contribution in [0.4, 0.5) is 0 Å². The maximum atomic E-state index is 12.6. The van der Waals surface area contributed by atoms with Gasteiger partial charge in [0.2, 0.25) is 0 Å². The van der Waals surface area contributed by atoms with Crippen molar-refractivity contribution in [3.63, 3.8) is 0 Å². The molecular weight excluding hydrogens is 618 g/mol. The molecule has 2 unspecified atom stereocenters. The molecule has 0 fully saturated rings. The van der Waals surface area contributed by atoms with E-state index in [4.69, 9.17) is 14.2 Å². The van der Waals surface area contributed by atoms with E-state index in [1.54, 1.807) is 0 Å². The monoisotopic (exact) mass is 695 g/mol. The average molecular weight is 695 g/mol. The van der Waals surface area contributed by atoms with Gasteiger partial charge in [0.05, 0.1) is 34.4 Å². The summed E-state index contributed by atoms with van der Waals surface area (Å²) in [5, 5.41) is 9.58. The van der Waals surface area contributed by atoms with Crippen LogP contribution in [-0.4, -0.2) is 80.6 Å². The van der Waals surface area contributed by atoms with Crippen molar-refractivity contribution >= 4 is 17.9 Å². The van der Waals surface area contributed by atoms with Gasteiger partial charge in [-0.05, 0) is 64.2 Å². The van der Waals surface area contributed by atoms with Crippen LogP contribution >= 0.6 is 0 Å². The molecule has 0 aliphatic rings. The van der Waals surface area contributed by atoms with Crippen LogP contribution in [0.2, 0.25) is 0 Å². The van der Waals surface area contributed by atoms with Gasteiger partial charge in [-0.2, -0.15) is 0 Å². The number of hydrogen-bond acceptors (Lipinski definition) is 6. The summed E-state index contributed by atoms with van der Waals surface area (Å²) in [5.74, 6) is -1.50. The standard InChI is InChI=1S/C41H75NO7/c1-6-8-10-12-14-16-18-20-22-23-25-27-29-31-39(43)48-36-37(35-47-34-33-38(41(45)46)42(3,4)5)49-40(44)32-30-28-26-24-21-19-17-15-13-11-9-7-2/h15,17,20,22,37-38H,6-14,16,18-19,21,23-36H2,1-5H3/p+1/b17-15+,22-20+. The lowest BCUT2D eigenvalue weighted by molar-refractivity contribution is -0.887. The largest absolute Gasteiger partial charge is 0.477 e. The minimum Gasteiger partial charge on any atom is -0.477 e. The van der Waals surface area contributed by atoms with Crippen LogP contribution in [0.1, 0.15) is 168 Å². The second-order valence-electron chi connectivity index (χ2n) is 14.5. The van der Waals surface area contributed by atoms with Crippen molar-refractivity contribution in [2.75, 3.05) is 41.0 Å². The van der Waals surface area contributed by atoms with Gasteiger partial charge in [0.1, 0.15) is 6.61 Å². The van der Waals surface area contributed by atoms with Gasteiger partial charge in [-0.3, -0.25) is 9.59 Å². The summed E-state index contributed by atoms with van der Waals surface area (Å²) >= 11 is 0. The molecule has 0 aliphatic heterocycles. The molecule has 2 atom stereocenters. The average Bonchev–Trinajstić information content (AvgIpc) is 3.05. The van der Waals surface area contributed by atoms with E-state index in [0.717, 1.165) is 64.2 Å². The first kappa shape index (κ1) is 46.8. The molecule has 0 spiro atoms. The first-order valence-corrected chi connectivity index (χ1v) is 19.9. The Morgan fingerprint density at radius 2 is 1.02 bits per heavy atom. The van der Waals surface area contributed by atoms with Crippen molar-refractivity contribution < 1.29 is 38.2 Å². The predicted octanol–water partition coefficient (Wildman–Crippen LogP) is 10.1. The van der Waals surface area contributed by atoms with Gasteiger partial charge in [0.15, 0.2) is 12.1 Å². The molecule has 0 saturated heterocycles. The number of esters is 2. The first-order chi connectivity index (χ1) is 23.6. The quantitative estimate of drug-likeness (QED) is 0.0305. The zero-order chi connectivity index (χ0) is 36.4. The lowest BCUT2D eigenvalue weighted by Gasteiger charge is -2.31. The zero-order valence-electron chi connectivity index (χ0n) is 32.4. The Balaban J connectivity index is 4.44. The van der Waals surface area contributed by atoms with Gasteiger partial charge < -0.3 is 23.8 Å². The summed E-state index contributed by atoms with van der Waals surface area (Å²) in [6.07, 6.45) is 33.6. The topological polar surface area (TPSA) is 99.1 Å². The number of rotatable bonds is 35. The highest BCUT2D eigenvalue weighted by molar-refractivity contribution is 5.72. The SMILES string of the molecule is CCCCC/C=C/CCCCCCCC(=O)OC(COCCC(C(=O)O)[N+](C)(C)C)COC(=O)CCCCC/C=C/CCCCCCCC. The van der Waals surface area contributed by atoms with Gasteiger partial charge >= 0.3 is 17.9 Å². The number of carbonyl (C=O) groups excluding carboxylic acids is 2. The van der Waals surface area contributed by atoms with Crippen LogP contribution in [0.25, 0.3) is 0 Å². The molecule has 8 heteroatoms. The number of carbonyl (C=O) groups is 3. The lowest BCUT2D eigenvalue weighted by atomic mass is 10.1. The van der Waals surface area contributed by atoms with Crippen molar-refractivity contribution in [3.05, 3.63) is 24.3 Å². The first-order valence-electron chi connectivity index (χ1n) is 19.9. The van der Waals surface area contributed by atoms with Crippen LogP contribution < -0.4 is 0 Å². The Bertz CT molecular complexity index is 864.